The normalized spacial score (nSPS) is 16.4. The molecule has 0 aromatic heterocycles. The summed E-state index contributed by atoms with van der Waals surface area (Å²) >= 11 is 0. The molecule has 1 atom stereocenters. The topological polar surface area (TPSA) is 84.4 Å². The molecule has 1 amide bonds. The molecule has 8 nitrogen and oxygen atoms in total. The summed E-state index contributed by atoms with van der Waals surface area (Å²) < 4.78 is 16.7. The van der Waals surface area contributed by atoms with Gasteiger partial charge in [0.2, 0.25) is 0 Å². The fourth-order valence-corrected chi connectivity index (χ4v) is 2.87. The molecule has 0 bridgehead atoms. The minimum Gasteiger partial charge on any atom is -0.484 e. The lowest BCUT2D eigenvalue weighted by molar-refractivity contribution is -0.130. The molecule has 1 aromatic carbocycles. The zero-order valence-corrected chi connectivity index (χ0v) is 18.5. The third kappa shape index (κ3) is 9.45. The predicted octanol–water partition coefficient (Wildman–Crippen LogP) is 1.65. The van der Waals surface area contributed by atoms with Crippen molar-refractivity contribution in [2.75, 3.05) is 60.2 Å². The van der Waals surface area contributed by atoms with Crippen molar-refractivity contribution >= 4 is 11.9 Å². The van der Waals surface area contributed by atoms with Crippen LogP contribution in [0.3, 0.4) is 0 Å². The van der Waals surface area contributed by atoms with Crippen molar-refractivity contribution in [3.63, 3.8) is 0 Å². The van der Waals surface area contributed by atoms with Gasteiger partial charge in [0.05, 0.1) is 19.8 Å². The lowest BCUT2D eigenvalue weighted by atomic mass is 10.1. The SMILES string of the molecule is CCNC(=NCc1cccc(OCC(=O)N(C)C)c1)NCCCOCC1CCOC1. The van der Waals surface area contributed by atoms with E-state index in [-0.39, 0.29) is 12.5 Å². The second-order valence-electron chi connectivity index (χ2n) is 7.50. The highest BCUT2D eigenvalue weighted by molar-refractivity contribution is 5.79. The molecule has 30 heavy (non-hydrogen) atoms. The van der Waals surface area contributed by atoms with Crippen LogP contribution in [-0.2, 0) is 20.8 Å². The molecule has 1 saturated heterocycles. The van der Waals surface area contributed by atoms with E-state index in [0.29, 0.717) is 18.2 Å². The molecule has 0 spiro atoms. The molecule has 2 N–H and O–H groups in total. The van der Waals surface area contributed by atoms with Crippen LogP contribution >= 0.6 is 0 Å². The molecule has 2 rings (SSSR count). The molecule has 1 aliphatic heterocycles. The number of ether oxygens (including phenoxy) is 3. The molecule has 1 fully saturated rings. The van der Waals surface area contributed by atoms with Crippen molar-refractivity contribution in [3.8, 4) is 5.75 Å². The molecule has 0 saturated carbocycles. The predicted molar refractivity (Wildman–Crippen MR) is 118 cm³/mol. The Morgan fingerprint density at radius 2 is 2.20 bits per heavy atom. The van der Waals surface area contributed by atoms with Gasteiger partial charge in [-0.25, -0.2) is 4.99 Å². The number of carbonyl (C=O) groups is 1. The smallest absolute Gasteiger partial charge is 0.259 e. The quantitative estimate of drug-likeness (QED) is 0.304. The van der Waals surface area contributed by atoms with Crippen molar-refractivity contribution in [1.29, 1.82) is 0 Å². The number of hydrogen-bond donors (Lipinski definition) is 2. The molecule has 1 aliphatic rings. The van der Waals surface area contributed by atoms with E-state index in [1.807, 2.05) is 31.2 Å². The third-order valence-electron chi connectivity index (χ3n) is 4.66. The van der Waals surface area contributed by atoms with Gasteiger partial charge in [-0.3, -0.25) is 4.79 Å². The molecule has 0 aliphatic carbocycles. The van der Waals surface area contributed by atoms with E-state index in [1.54, 1.807) is 14.1 Å². The van der Waals surface area contributed by atoms with Gasteiger partial charge in [0.15, 0.2) is 12.6 Å². The van der Waals surface area contributed by atoms with Crippen molar-refractivity contribution in [1.82, 2.24) is 15.5 Å². The minimum absolute atomic E-state index is 0.0275. The van der Waals surface area contributed by atoms with Crippen molar-refractivity contribution in [3.05, 3.63) is 29.8 Å². The molecular formula is C22H36N4O4. The van der Waals surface area contributed by atoms with Crippen molar-refractivity contribution < 1.29 is 19.0 Å². The Morgan fingerprint density at radius 3 is 2.93 bits per heavy atom. The number of rotatable bonds is 12. The van der Waals surface area contributed by atoms with Gasteiger partial charge in [0.25, 0.3) is 5.91 Å². The summed E-state index contributed by atoms with van der Waals surface area (Å²) in [5.74, 6) is 1.92. The summed E-state index contributed by atoms with van der Waals surface area (Å²) in [5.41, 5.74) is 1.02. The Kier molecular flexibility index (Phi) is 11.0. The summed E-state index contributed by atoms with van der Waals surface area (Å²) in [6.07, 6.45) is 2.02. The standard InChI is InChI=1S/C22H36N4O4/c1-4-23-22(24-10-6-11-28-15-19-9-12-29-16-19)25-14-18-7-5-8-20(13-18)30-17-21(27)26(2)3/h5,7-8,13,19H,4,6,9-12,14-17H2,1-3H3,(H2,23,24,25). The fraction of sp³-hybridized carbons (Fsp3) is 0.636. The first kappa shape index (κ1) is 24.0. The average molecular weight is 421 g/mol. The number of guanidine groups is 1. The van der Waals surface area contributed by atoms with Crippen molar-refractivity contribution in [2.45, 2.75) is 26.3 Å². The number of nitrogens with zero attached hydrogens (tertiary/aromatic N) is 2. The lowest BCUT2D eigenvalue weighted by Gasteiger charge is -2.13. The number of benzene rings is 1. The summed E-state index contributed by atoms with van der Waals surface area (Å²) in [6.45, 7) is 7.38. The maximum absolute atomic E-state index is 11.7. The van der Waals surface area contributed by atoms with E-state index in [1.165, 1.54) is 4.90 Å². The largest absolute Gasteiger partial charge is 0.484 e. The van der Waals surface area contributed by atoms with Gasteiger partial charge >= 0.3 is 0 Å². The van der Waals surface area contributed by atoms with Crippen LogP contribution in [0.25, 0.3) is 0 Å². The van der Waals surface area contributed by atoms with Gasteiger partial charge in [0, 0.05) is 46.3 Å². The Morgan fingerprint density at radius 1 is 1.33 bits per heavy atom. The molecule has 8 heteroatoms. The van der Waals surface area contributed by atoms with E-state index in [2.05, 4.69) is 15.6 Å². The molecular weight excluding hydrogens is 384 g/mol. The number of aliphatic imine (C=N–C) groups is 1. The highest BCUT2D eigenvalue weighted by atomic mass is 16.5. The first-order chi connectivity index (χ1) is 14.6. The van der Waals surface area contributed by atoms with Crippen LogP contribution in [0.2, 0.25) is 0 Å². The molecule has 168 valence electrons. The highest BCUT2D eigenvalue weighted by Gasteiger charge is 2.15. The van der Waals surface area contributed by atoms with Gasteiger partial charge in [0.1, 0.15) is 5.75 Å². The molecule has 1 unspecified atom stereocenters. The number of amides is 1. The van der Waals surface area contributed by atoms with E-state index < -0.39 is 0 Å². The zero-order valence-electron chi connectivity index (χ0n) is 18.5. The molecule has 1 aromatic rings. The second-order valence-corrected chi connectivity index (χ2v) is 7.50. The van der Waals surface area contributed by atoms with Crippen LogP contribution in [0.4, 0.5) is 0 Å². The Balaban J connectivity index is 1.72. The zero-order chi connectivity index (χ0) is 21.6. The number of hydrogen-bond acceptors (Lipinski definition) is 5. The van der Waals surface area contributed by atoms with Crippen LogP contribution in [0.15, 0.2) is 29.3 Å². The first-order valence-corrected chi connectivity index (χ1v) is 10.7. The maximum atomic E-state index is 11.7. The summed E-state index contributed by atoms with van der Waals surface area (Å²) in [7, 11) is 3.42. The van der Waals surface area contributed by atoms with E-state index >= 15 is 0 Å². The average Bonchev–Trinajstić information content (AvgIpc) is 3.26. The van der Waals surface area contributed by atoms with Gasteiger partial charge in [-0.2, -0.15) is 0 Å². The van der Waals surface area contributed by atoms with E-state index in [9.17, 15) is 4.79 Å². The number of carbonyl (C=O) groups excluding carboxylic acids is 1. The summed E-state index contributed by atoms with van der Waals surface area (Å²) in [4.78, 5) is 17.8. The monoisotopic (exact) mass is 420 g/mol. The van der Waals surface area contributed by atoms with Crippen LogP contribution < -0.4 is 15.4 Å². The van der Waals surface area contributed by atoms with Gasteiger partial charge < -0.3 is 29.7 Å². The van der Waals surface area contributed by atoms with Crippen LogP contribution in [0, 0.1) is 5.92 Å². The number of likely N-dealkylation sites (N-methyl/N-ethyl adjacent to an activating group) is 1. The second kappa shape index (κ2) is 13.8. The maximum Gasteiger partial charge on any atom is 0.259 e. The lowest BCUT2D eigenvalue weighted by Crippen LogP contribution is -2.38. The van der Waals surface area contributed by atoms with Gasteiger partial charge in [-0.1, -0.05) is 12.1 Å². The Hall–Kier alpha value is -2.32. The Bertz CT molecular complexity index is 660. The highest BCUT2D eigenvalue weighted by Crippen LogP contribution is 2.14. The van der Waals surface area contributed by atoms with Crippen molar-refractivity contribution in [2.24, 2.45) is 10.9 Å². The minimum atomic E-state index is -0.0717. The fourth-order valence-electron chi connectivity index (χ4n) is 2.87. The van der Waals surface area contributed by atoms with E-state index in [0.717, 1.165) is 63.9 Å². The third-order valence-corrected chi connectivity index (χ3v) is 4.66. The van der Waals surface area contributed by atoms with Gasteiger partial charge in [-0.05, 0) is 37.5 Å². The number of nitrogens with one attached hydrogen (secondary N) is 2. The summed E-state index contributed by atoms with van der Waals surface area (Å²) in [5, 5.41) is 6.60. The van der Waals surface area contributed by atoms with Crippen LogP contribution in [0.5, 0.6) is 5.75 Å². The molecule has 0 radical (unpaired) electrons. The van der Waals surface area contributed by atoms with E-state index in [4.69, 9.17) is 14.2 Å². The first-order valence-electron chi connectivity index (χ1n) is 10.7. The van der Waals surface area contributed by atoms with Gasteiger partial charge in [-0.15, -0.1) is 0 Å². The Labute approximate surface area is 180 Å². The van der Waals surface area contributed by atoms with Crippen LogP contribution in [0.1, 0.15) is 25.3 Å². The molecule has 1 heterocycles. The van der Waals surface area contributed by atoms with Crippen LogP contribution in [-0.4, -0.2) is 77.0 Å². The summed E-state index contributed by atoms with van der Waals surface area (Å²) in [6, 6.07) is 7.66.